The Morgan fingerprint density at radius 2 is 2.04 bits per heavy atom. The summed E-state index contributed by atoms with van der Waals surface area (Å²) < 4.78 is 18.8. The average Bonchev–Trinajstić information content (AvgIpc) is 3.15. The molecule has 0 aliphatic carbocycles. The van der Waals surface area contributed by atoms with Gasteiger partial charge < -0.3 is 14.7 Å². The minimum absolute atomic E-state index is 0.227. The Kier molecular flexibility index (Phi) is 4.96. The highest BCUT2D eigenvalue weighted by atomic mass is 19.1. The molecule has 1 aliphatic rings. The van der Waals surface area contributed by atoms with E-state index in [-0.39, 0.29) is 17.4 Å². The first-order valence-electron chi connectivity index (χ1n) is 9.26. The third-order valence-electron chi connectivity index (χ3n) is 5.20. The van der Waals surface area contributed by atoms with Crippen LogP contribution in [0.3, 0.4) is 0 Å². The van der Waals surface area contributed by atoms with Crippen molar-refractivity contribution in [3.63, 3.8) is 0 Å². The smallest absolute Gasteiger partial charge is 0.335 e. The van der Waals surface area contributed by atoms with E-state index >= 15 is 0 Å². The van der Waals surface area contributed by atoms with E-state index in [4.69, 9.17) is 9.72 Å². The highest BCUT2D eigenvalue weighted by Gasteiger charge is 2.27. The minimum atomic E-state index is -0.968. The molecular weight excluding hydrogens is 359 g/mol. The predicted molar refractivity (Wildman–Crippen MR) is 106 cm³/mol. The van der Waals surface area contributed by atoms with Gasteiger partial charge in [-0.2, -0.15) is 0 Å². The number of nitrogens with zero attached hydrogens (tertiary/aromatic N) is 2. The first kappa shape index (κ1) is 18.4. The number of anilines is 1. The van der Waals surface area contributed by atoms with Crippen LogP contribution in [-0.2, 0) is 4.74 Å². The van der Waals surface area contributed by atoms with E-state index in [1.807, 2.05) is 6.07 Å². The first-order valence-corrected chi connectivity index (χ1v) is 9.26. The van der Waals surface area contributed by atoms with Crippen molar-refractivity contribution in [2.45, 2.75) is 18.9 Å². The Morgan fingerprint density at radius 3 is 2.75 bits per heavy atom. The standard InChI is InChI=1S/C22H21FN2O3/c1-28-13-18-3-2-10-25(18)20-12-16-11-15(22(26)27)6-9-19(16)24-21(20)14-4-7-17(23)8-5-14/h4-9,11-12,18H,2-3,10,13H2,1H3,(H,26,27)/t18-/m1/s1. The fraction of sp³-hybridized carbons (Fsp3) is 0.273. The second kappa shape index (κ2) is 7.56. The largest absolute Gasteiger partial charge is 0.478 e. The van der Waals surface area contributed by atoms with Crippen LogP contribution in [0.1, 0.15) is 23.2 Å². The van der Waals surface area contributed by atoms with E-state index in [0.717, 1.165) is 41.7 Å². The molecule has 1 aliphatic heterocycles. The van der Waals surface area contributed by atoms with Gasteiger partial charge in [0.2, 0.25) is 0 Å². The molecule has 1 N–H and O–H groups in total. The summed E-state index contributed by atoms with van der Waals surface area (Å²) in [6.07, 6.45) is 2.06. The molecule has 0 amide bonds. The Hall–Kier alpha value is -2.99. The van der Waals surface area contributed by atoms with Gasteiger partial charge in [-0.3, -0.25) is 0 Å². The van der Waals surface area contributed by atoms with Gasteiger partial charge in [0.05, 0.1) is 35.1 Å². The molecule has 1 atom stereocenters. The van der Waals surface area contributed by atoms with Gasteiger partial charge >= 0.3 is 5.97 Å². The lowest BCUT2D eigenvalue weighted by Crippen LogP contribution is -2.33. The molecule has 28 heavy (non-hydrogen) atoms. The summed E-state index contributed by atoms with van der Waals surface area (Å²) in [7, 11) is 1.69. The van der Waals surface area contributed by atoms with Crippen molar-refractivity contribution in [2.24, 2.45) is 0 Å². The van der Waals surface area contributed by atoms with E-state index in [2.05, 4.69) is 4.90 Å². The van der Waals surface area contributed by atoms with Crippen LogP contribution < -0.4 is 4.90 Å². The maximum absolute atomic E-state index is 13.4. The summed E-state index contributed by atoms with van der Waals surface area (Å²) in [5.41, 5.74) is 3.43. The molecular formula is C22H21FN2O3. The molecule has 0 unspecified atom stereocenters. The second-order valence-corrected chi connectivity index (χ2v) is 7.02. The number of carboxylic acids is 1. The SMILES string of the molecule is COC[C@H]1CCCN1c1cc2cc(C(=O)O)ccc2nc1-c1ccc(F)cc1. The number of pyridine rings is 1. The molecule has 3 aromatic rings. The van der Waals surface area contributed by atoms with Crippen LogP contribution in [0.15, 0.2) is 48.5 Å². The molecule has 0 spiro atoms. The third kappa shape index (κ3) is 3.43. The van der Waals surface area contributed by atoms with E-state index in [1.54, 1.807) is 37.4 Å². The fourth-order valence-electron chi connectivity index (χ4n) is 3.86. The zero-order chi connectivity index (χ0) is 19.7. The number of hydrogen-bond acceptors (Lipinski definition) is 4. The Bertz CT molecular complexity index is 1020. The van der Waals surface area contributed by atoms with Gasteiger partial charge in [0.15, 0.2) is 0 Å². The molecule has 6 heteroatoms. The van der Waals surface area contributed by atoms with Gasteiger partial charge in [0.1, 0.15) is 5.82 Å². The maximum Gasteiger partial charge on any atom is 0.335 e. The molecule has 0 radical (unpaired) electrons. The van der Waals surface area contributed by atoms with Crippen molar-refractivity contribution in [3.05, 3.63) is 59.9 Å². The monoisotopic (exact) mass is 380 g/mol. The summed E-state index contributed by atoms with van der Waals surface area (Å²) in [5, 5.41) is 10.1. The molecule has 2 heterocycles. The number of carbonyl (C=O) groups is 1. The average molecular weight is 380 g/mol. The summed E-state index contributed by atoms with van der Waals surface area (Å²) in [6, 6.07) is 13.4. The number of benzene rings is 2. The normalized spacial score (nSPS) is 16.6. The number of hydrogen-bond donors (Lipinski definition) is 1. The van der Waals surface area contributed by atoms with Crippen LogP contribution >= 0.6 is 0 Å². The van der Waals surface area contributed by atoms with E-state index in [0.29, 0.717) is 12.1 Å². The second-order valence-electron chi connectivity index (χ2n) is 7.02. The maximum atomic E-state index is 13.4. The zero-order valence-corrected chi connectivity index (χ0v) is 15.6. The summed E-state index contributed by atoms with van der Waals surface area (Å²) in [6.45, 7) is 1.48. The topological polar surface area (TPSA) is 62.7 Å². The van der Waals surface area contributed by atoms with E-state index in [1.165, 1.54) is 12.1 Å². The van der Waals surface area contributed by atoms with Crippen LogP contribution in [0.2, 0.25) is 0 Å². The summed E-state index contributed by atoms with van der Waals surface area (Å²) >= 11 is 0. The highest BCUT2D eigenvalue weighted by Crippen LogP contribution is 2.36. The van der Waals surface area contributed by atoms with Gasteiger partial charge in [-0.1, -0.05) is 0 Å². The Morgan fingerprint density at radius 1 is 1.25 bits per heavy atom. The van der Waals surface area contributed by atoms with E-state index < -0.39 is 5.97 Å². The molecule has 2 aromatic carbocycles. The van der Waals surface area contributed by atoms with Crippen molar-refractivity contribution < 1.29 is 19.0 Å². The number of aromatic nitrogens is 1. The number of carboxylic acid groups (broad SMARTS) is 1. The van der Waals surface area contributed by atoms with Crippen molar-refractivity contribution in [3.8, 4) is 11.3 Å². The molecule has 4 rings (SSSR count). The van der Waals surface area contributed by atoms with Crippen molar-refractivity contribution in [2.75, 3.05) is 25.2 Å². The zero-order valence-electron chi connectivity index (χ0n) is 15.6. The number of halogens is 1. The molecule has 144 valence electrons. The quantitative estimate of drug-likeness (QED) is 0.713. The van der Waals surface area contributed by atoms with Gasteiger partial charge in [-0.05, 0) is 61.4 Å². The van der Waals surface area contributed by atoms with Crippen LogP contribution in [0.25, 0.3) is 22.2 Å². The molecule has 1 fully saturated rings. The minimum Gasteiger partial charge on any atom is -0.478 e. The lowest BCUT2D eigenvalue weighted by molar-refractivity contribution is 0.0697. The summed E-state index contributed by atoms with van der Waals surface area (Å²) in [4.78, 5) is 18.4. The van der Waals surface area contributed by atoms with Gasteiger partial charge in [0.25, 0.3) is 0 Å². The summed E-state index contributed by atoms with van der Waals surface area (Å²) in [5.74, 6) is -1.26. The van der Waals surface area contributed by atoms with Crippen LogP contribution in [0.4, 0.5) is 10.1 Å². The highest BCUT2D eigenvalue weighted by molar-refractivity contribution is 5.96. The van der Waals surface area contributed by atoms with Crippen molar-refractivity contribution in [1.82, 2.24) is 4.98 Å². The van der Waals surface area contributed by atoms with Gasteiger partial charge in [-0.25, -0.2) is 14.2 Å². The Balaban J connectivity index is 1.90. The Labute approximate surface area is 162 Å². The fourth-order valence-corrected chi connectivity index (χ4v) is 3.86. The number of ether oxygens (including phenoxy) is 1. The predicted octanol–water partition coefficient (Wildman–Crippen LogP) is 4.35. The van der Waals surface area contributed by atoms with Gasteiger partial charge in [-0.15, -0.1) is 0 Å². The van der Waals surface area contributed by atoms with Crippen molar-refractivity contribution in [1.29, 1.82) is 0 Å². The van der Waals surface area contributed by atoms with Gasteiger partial charge in [0, 0.05) is 24.6 Å². The molecule has 5 nitrogen and oxygen atoms in total. The van der Waals surface area contributed by atoms with E-state index in [9.17, 15) is 14.3 Å². The number of aromatic carboxylic acids is 1. The van der Waals surface area contributed by atoms with Crippen LogP contribution in [0, 0.1) is 5.82 Å². The number of methoxy groups -OCH3 is 1. The number of fused-ring (bicyclic) bond motifs is 1. The van der Waals surface area contributed by atoms with Crippen molar-refractivity contribution >= 4 is 22.6 Å². The first-order chi connectivity index (χ1) is 13.6. The lowest BCUT2D eigenvalue weighted by Gasteiger charge is -2.28. The lowest BCUT2D eigenvalue weighted by atomic mass is 10.0. The molecule has 0 saturated carbocycles. The molecule has 1 aromatic heterocycles. The number of rotatable bonds is 5. The molecule has 1 saturated heterocycles. The van der Waals surface area contributed by atoms with Crippen LogP contribution in [0.5, 0.6) is 0 Å². The van der Waals surface area contributed by atoms with Crippen LogP contribution in [-0.4, -0.2) is 42.4 Å². The molecule has 0 bridgehead atoms. The third-order valence-corrected chi connectivity index (χ3v) is 5.20.